The van der Waals surface area contributed by atoms with Crippen molar-refractivity contribution in [2.24, 2.45) is 0 Å². The first-order valence-electron chi connectivity index (χ1n) is 9.87. The minimum absolute atomic E-state index is 0.186. The molecule has 158 valence electrons. The van der Waals surface area contributed by atoms with Gasteiger partial charge in [0, 0.05) is 35.6 Å². The molecule has 0 fully saturated rings. The van der Waals surface area contributed by atoms with Crippen molar-refractivity contribution in [1.82, 2.24) is 10.6 Å². The van der Waals surface area contributed by atoms with Crippen LogP contribution >= 0.6 is 0 Å². The van der Waals surface area contributed by atoms with Crippen molar-refractivity contribution < 1.29 is 14.4 Å². The van der Waals surface area contributed by atoms with E-state index in [0.717, 1.165) is 5.56 Å². The molecule has 0 heterocycles. The van der Waals surface area contributed by atoms with E-state index in [2.05, 4.69) is 21.3 Å². The molecule has 3 rings (SSSR count). The summed E-state index contributed by atoms with van der Waals surface area (Å²) >= 11 is 0. The van der Waals surface area contributed by atoms with Gasteiger partial charge in [-0.1, -0.05) is 30.3 Å². The Hall–Kier alpha value is -4.13. The Labute approximate surface area is 180 Å². The first-order valence-corrected chi connectivity index (χ1v) is 9.87. The Morgan fingerprint density at radius 2 is 1.23 bits per heavy atom. The molecule has 3 aromatic rings. The topological polar surface area (TPSA) is 99.3 Å². The summed E-state index contributed by atoms with van der Waals surface area (Å²) in [5.41, 5.74) is 3.35. The molecule has 0 radical (unpaired) electrons. The average Bonchev–Trinajstić information content (AvgIpc) is 2.77. The van der Waals surface area contributed by atoms with E-state index < -0.39 is 0 Å². The first kappa shape index (κ1) is 21.6. The number of hydrogen-bond acceptors (Lipinski definition) is 3. The van der Waals surface area contributed by atoms with Crippen LogP contribution in [0.15, 0.2) is 78.9 Å². The lowest BCUT2D eigenvalue weighted by atomic mass is 10.2. The molecule has 0 saturated heterocycles. The van der Waals surface area contributed by atoms with Gasteiger partial charge in [-0.3, -0.25) is 9.59 Å². The van der Waals surface area contributed by atoms with Crippen LogP contribution in [-0.2, 0) is 0 Å². The van der Waals surface area contributed by atoms with E-state index in [1.807, 2.05) is 37.3 Å². The standard InChI is InChI=1S/C24H24N4O3/c1-17-6-5-9-21(16-17)28-24(31)27-20-12-10-19(11-13-20)23(30)26-15-14-25-22(29)18-7-3-2-4-8-18/h2-13,16H,14-15H2,1H3,(H,25,29)(H,26,30)(H2,27,28,31). The molecule has 0 atom stereocenters. The highest BCUT2D eigenvalue weighted by molar-refractivity contribution is 6.00. The van der Waals surface area contributed by atoms with Crippen LogP contribution in [0.1, 0.15) is 26.3 Å². The van der Waals surface area contributed by atoms with Gasteiger partial charge in [-0.15, -0.1) is 0 Å². The van der Waals surface area contributed by atoms with E-state index in [1.165, 1.54) is 0 Å². The largest absolute Gasteiger partial charge is 0.350 e. The van der Waals surface area contributed by atoms with E-state index in [1.54, 1.807) is 48.5 Å². The van der Waals surface area contributed by atoms with Gasteiger partial charge in [0.05, 0.1) is 0 Å². The lowest BCUT2D eigenvalue weighted by molar-refractivity contribution is 0.0927. The van der Waals surface area contributed by atoms with Gasteiger partial charge in [0.2, 0.25) is 0 Å². The molecular weight excluding hydrogens is 392 g/mol. The van der Waals surface area contributed by atoms with Crippen LogP contribution in [0, 0.1) is 6.92 Å². The minimum Gasteiger partial charge on any atom is -0.350 e. The zero-order chi connectivity index (χ0) is 22.1. The van der Waals surface area contributed by atoms with Gasteiger partial charge in [-0.25, -0.2) is 4.79 Å². The van der Waals surface area contributed by atoms with E-state index in [0.29, 0.717) is 35.6 Å². The predicted molar refractivity (Wildman–Crippen MR) is 121 cm³/mol. The fourth-order valence-electron chi connectivity index (χ4n) is 2.87. The maximum Gasteiger partial charge on any atom is 0.323 e. The highest BCUT2D eigenvalue weighted by Gasteiger charge is 2.08. The summed E-state index contributed by atoms with van der Waals surface area (Å²) in [7, 11) is 0. The normalized spacial score (nSPS) is 10.1. The molecule has 0 aromatic heterocycles. The summed E-state index contributed by atoms with van der Waals surface area (Å²) < 4.78 is 0. The maximum absolute atomic E-state index is 12.2. The van der Waals surface area contributed by atoms with Crippen molar-refractivity contribution in [2.45, 2.75) is 6.92 Å². The number of aryl methyl sites for hydroxylation is 1. The van der Waals surface area contributed by atoms with Gasteiger partial charge >= 0.3 is 6.03 Å². The molecular formula is C24H24N4O3. The third-order valence-electron chi connectivity index (χ3n) is 4.41. The lowest BCUT2D eigenvalue weighted by Gasteiger charge is -2.10. The highest BCUT2D eigenvalue weighted by Crippen LogP contribution is 2.12. The monoisotopic (exact) mass is 416 g/mol. The van der Waals surface area contributed by atoms with Crippen molar-refractivity contribution >= 4 is 29.2 Å². The van der Waals surface area contributed by atoms with Gasteiger partial charge in [-0.2, -0.15) is 0 Å². The van der Waals surface area contributed by atoms with Crippen LogP contribution < -0.4 is 21.3 Å². The number of amides is 4. The summed E-state index contributed by atoms with van der Waals surface area (Å²) in [6, 6.07) is 22.6. The maximum atomic E-state index is 12.2. The third kappa shape index (κ3) is 6.71. The molecule has 0 aliphatic carbocycles. The fraction of sp³-hybridized carbons (Fsp3) is 0.125. The summed E-state index contributed by atoms with van der Waals surface area (Å²) in [4.78, 5) is 36.3. The lowest BCUT2D eigenvalue weighted by Crippen LogP contribution is -2.34. The summed E-state index contributed by atoms with van der Waals surface area (Å²) in [6.45, 7) is 2.57. The van der Waals surface area contributed by atoms with Gasteiger partial charge in [0.1, 0.15) is 0 Å². The Balaban J connectivity index is 1.42. The van der Waals surface area contributed by atoms with Gasteiger partial charge in [0.15, 0.2) is 0 Å². The van der Waals surface area contributed by atoms with E-state index >= 15 is 0 Å². The molecule has 3 aromatic carbocycles. The van der Waals surface area contributed by atoms with Gasteiger partial charge in [-0.05, 0) is 61.0 Å². The second-order valence-electron chi connectivity index (χ2n) is 6.90. The molecule has 4 amide bonds. The second-order valence-corrected chi connectivity index (χ2v) is 6.90. The highest BCUT2D eigenvalue weighted by atomic mass is 16.2. The second kappa shape index (κ2) is 10.6. The fourth-order valence-corrected chi connectivity index (χ4v) is 2.87. The number of hydrogen-bond donors (Lipinski definition) is 4. The van der Waals surface area contributed by atoms with E-state index in [4.69, 9.17) is 0 Å². The van der Waals surface area contributed by atoms with Gasteiger partial charge in [0.25, 0.3) is 11.8 Å². The number of nitrogens with one attached hydrogen (secondary N) is 4. The summed E-state index contributed by atoms with van der Waals surface area (Å²) in [5.74, 6) is -0.445. The number of urea groups is 1. The Kier molecular flexibility index (Phi) is 7.37. The molecule has 31 heavy (non-hydrogen) atoms. The third-order valence-corrected chi connectivity index (χ3v) is 4.41. The molecule has 0 unspecified atom stereocenters. The molecule has 0 aliphatic heterocycles. The predicted octanol–water partition coefficient (Wildman–Crippen LogP) is 3.80. The van der Waals surface area contributed by atoms with Crippen molar-refractivity contribution in [2.75, 3.05) is 23.7 Å². The van der Waals surface area contributed by atoms with Gasteiger partial charge < -0.3 is 21.3 Å². The number of benzene rings is 3. The number of anilines is 2. The van der Waals surface area contributed by atoms with Crippen LogP contribution in [0.5, 0.6) is 0 Å². The van der Waals surface area contributed by atoms with Crippen molar-refractivity contribution in [3.63, 3.8) is 0 Å². The van der Waals surface area contributed by atoms with Crippen LogP contribution in [0.25, 0.3) is 0 Å². The van der Waals surface area contributed by atoms with E-state index in [9.17, 15) is 14.4 Å². The zero-order valence-electron chi connectivity index (χ0n) is 17.1. The van der Waals surface area contributed by atoms with Crippen LogP contribution in [0.2, 0.25) is 0 Å². The number of carbonyl (C=O) groups is 3. The Bertz CT molecular complexity index is 1050. The first-order chi connectivity index (χ1) is 15.0. The Morgan fingerprint density at radius 1 is 0.645 bits per heavy atom. The number of carbonyl (C=O) groups excluding carboxylic acids is 3. The zero-order valence-corrected chi connectivity index (χ0v) is 17.1. The van der Waals surface area contributed by atoms with Crippen LogP contribution in [-0.4, -0.2) is 30.9 Å². The van der Waals surface area contributed by atoms with Crippen molar-refractivity contribution in [3.8, 4) is 0 Å². The van der Waals surface area contributed by atoms with Crippen LogP contribution in [0.4, 0.5) is 16.2 Å². The molecule has 0 aliphatic rings. The number of rotatable bonds is 7. The average molecular weight is 416 g/mol. The smallest absolute Gasteiger partial charge is 0.323 e. The molecule has 0 saturated carbocycles. The van der Waals surface area contributed by atoms with E-state index in [-0.39, 0.29) is 17.8 Å². The summed E-state index contributed by atoms with van der Waals surface area (Å²) in [5, 5.41) is 11.0. The minimum atomic E-state index is -0.364. The van der Waals surface area contributed by atoms with Crippen molar-refractivity contribution in [1.29, 1.82) is 0 Å². The molecule has 4 N–H and O–H groups in total. The Morgan fingerprint density at radius 3 is 1.84 bits per heavy atom. The molecule has 7 heteroatoms. The molecule has 7 nitrogen and oxygen atoms in total. The van der Waals surface area contributed by atoms with Crippen LogP contribution in [0.3, 0.4) is 0 Å². The molecule has 0 bridgehead atoms. The molecule has 0 spiro atoms. The van der Waals surface area contributed by atoms with Crippen molar-refractivity contribution in [3.05, 3.63) is 95.6 Å². The SMILES string of the molecule is Cc1cccc(NC(=O)Nc2ccc(C(=O)NCCNC(=O)c3ccccc3)cc2)c1. The summed E-state index contributed by atoms with van der Waals surface area (Å²) in [6.07, 6.45) is 0. The quantitative estimate of drug-likeness (QED) is 0.441.